The fraction of sp³-hybridized carbons (Fsp3) is 0.600. The third-order valence-corrected chi connectivity index (χ3v) is 4.27. The molecular weight excluding hydrogens is 215 g/mol. The molecule has 1 aromatic carbocycles. The monoisotopic (exact) mass is 236 g/mol. The number of hydrogen-bond donors (Lipinski definition) is 1. The van der Waals surface area contributed by atoms with Crippen LogP contribution in [0.15, 0.2) is 18.2 Å². The van der Waals surface area contributed by atoms with Gasteiger partial charge in [0.1, 0.15) is 5.82 Å². The van der Waals surface area contributed by atoms with E-state index in [4.69, 9.17) is 0 Å². The van der Waals surface area contributed by atoms with Crippen LogP contribution >= 0.6 is 0 Å². The molecule has 1 atom stereocenters. The van der Waals surface area contributed by atoms with E-state index in [1.807, 2.05) is 6.92 Å². The lowest BCUT2D eigenvalue weighted by Gasteiger charge is -2.30. The lowest BCUT2D eigenvalue weighted by molar-refractivity contribution is 0.0422. The molecule has 0 heterocycles. The summed E-state index contributed by atoms with van der Waals surface area (Å²) in [5.41, 5.74) is 2.02. The standard InChI is InChI=1S/C15H21FO/c1-11-5-6-13(16)9-12(11)10-14(17)15(2)7-3-4-8-15/h5-6,9,14,17H,3-4,7-8,10H2,1-2H3. The van der Waals surface area contributed by atoms with Crippen LogP contribution in [-0.2, 0) is 6.42 Å². The smallest absolute Gasteiger partial charge is 0.123 e. The summed E-state index contributed by atoms with van der Waals surface area (Å²) < 4.78 is 13.2. The Morgan fingerprint density at radius 1 is 1.35 bits per heavy atom. The second-order valence-corrected chi connectivity index (χ2v) is 5.65. The topological polar surface area (TPSA) is 20.2 Å². The second-order valence-electron chi connectivity index (χ2n) is 5.65. The molecule has 0 amide bonds. The summed E-state index contributed by atoms with van der Waals surface area (Å²) in [6.45, 7) is 4.12. The lowest BCUT2D eigenvalue weighted by atomic mass is 9.79. The van der Waals surface area contributed by atoms with Crippen molar-refractivity contribution in [2.45, 2.75) is 52.1 Å². The normalized spacial score (nSPS) is 20.5. The van der Waals surface area contributed by atoms with Crippen molar-refractivity contribution in [3.8, 4) is 0 Å². The average Bonchev–Trinajstić information content (AvgIpc) is 2.72. The minimum absolute atomic E-state index is 0.0265. The highest BCUT2D eigenvalue weighted by Gasteiger charge is 2.35. The van der Waals surface area contributed by atoms with Crippen LogP contribution in [-0.4, -0.2) is 11.2 Å². The SMILES string of the molecule is Cc1ccc(F)cc1CC(O)C1(C)CCCC1. The molecule has 2 heteroatoms. The molecule has 0 radical (unpaired) electrons. The first-order valence-corrected chi connectivity index (χ1v) is 6.44. The number of benzene rings is 1. The van der Waals surface area contributed by atoms with Crippen LogP contribution in [0.3, 0.4) is 0 Å². The fourth-order valence-electron chi connectivity index (χ4n) is 2.83. The van der Waals surface area contributed by atoms with Crippen molar-refractivity contribution in [2.24, 2.45) is 5.41 Å². The minimum atomic E-state index is -0.356. The van der Waals surface area contributed by atoms with Gasteiger partial charge in [0.05, 0.1) is 6.10 Å². The number of rotatable bonds is 3. The predicted molar refractivity (Wildman–Crippen MR) is 67.4 cm³/mol. The van der Waals surface area contributed by atoms with Crippen molar-refractivity contribution in [1.29, 1.82) is 0 Å². The number of aliphatic hydroxyl groups is 1. The molecule has 0 saturated heterocycles. The van der Waals surface area contributed by atoms with Gasteiger partial charge in [0.15, 0.2) is 0 Å². The van der Waals surface area contributed by atoms with Gasteiger partial charge in [0.25, 0.3) is 0 Å². The van der Waals surface area contributed by atoms with E-state index >= 15 is 0 Å². The molecule has 94 valence electrons. The third-order valence-electron chi connectivity index (χ3n) is 4.27. The zero-order chi connectivity index (χ0) is 12.5. The Kier molecular flexibility index (Phi) is 3.53. The number of hydrogen-bond acceptors (Lipinski definition) is 1. The third kappa shape index (κ3) is 2.68. The Balaban J connectivity index is 2.12. The van der Waals surface area contributed by atoms with E-state index in [0.29, 0.717) is 6.42 Å². The maximum atomic E-state index is 13.2. The highest BCUT2D eigenvalue weighted by molar-refractivity contribution is 5.27. The molecule has 2 rings (SSSR count). The van der Waals surface area contributed by atoms with Crippen LogP contribution in [0.5, 0.6) is 0 Å². The van der Waals surface area contributed by atoms with Gasteiger partial charge < -0.3 is 5.11 Å². The predicted octanol–water partition coefficient (Wildman–Crippen LogP) is 3.62. The quantitative estimate of drug-likeness (QED) is 0.850. The van der Waals surface area contributed by atoms with Crippen molar-refractivity contribution in [3.05, 3.63) is 35.1 Å². The highest BCUT2D eigenvalue weighted by Crippen LogP contribution is 2.41. The van der Waals surface area contributed by atoms with Crippen LogP contribution in [0.1, 0.15) is 43.7 Å². The van der Waals surface area contributed by atoms with E-state index in [9.17, 15) is 9.50 Å². The summed E-state index contributed by atoms with van der Waals surface area (Å²) in [5, 5.41) is 10.4. The summed E-state index contributed by atoms with van der Waals surface area (Å²) in [6, 6.07) is 4.81. The molecule has 1 nitrogen and oxygen atoms in total. The van der Waals surface area contributed by atoms with Crippen molar-refractivity contribution in [3.63, 3.8) is 0 Å². The second kappa shape index (κ2) is 4.77. The van der Waals surface area contributed by atoms with Crippen LogP contribution in [0, 0.1) is 18.2 Å². The molecular formula is C15H21FO. The number of aryl methyl sites for hydroxylation is 1. The number of halogens is 1. The van der Waals surface area contributed by atoms with Crippen molar-refractivity contribution in [2.75, 3.05) is 0 Å². The molecule has 1 unspecified atom stereocenters. The van der Waals surface area contributed by atoms with E-state index in [-0.39, 0.29) is 17.3 Å². The van der Waals surface area contributed by atoms with E-state index in [1.54, 1.807) is 12.1 Å². The van der Waals surface area contributed by atoms with Gasteiger partial charge in [-0.05, 0) is 54.9 Å². The molecule has 1 N–H and O–H groups in total. The Labute approximate surface area is 103 Å². The molecule has 1 aliphatic carbocycles. The van der Waals surface area contributed by atoms with Gasteiger partial charge in [-0.1, -0.05) is 25.8 Å². The van der Waals surface area contributed by atoms with Crippen molar-refractivity contribution >= 4 is 0 Å². The van der Waals surface area contributed by atoms with E-state index in [2.05, 4.69) is 6.92 Å². The average molecular weight is 236 g/mol. The zero-order valence-corrected chi connectivity index (χ0v) is 10.7. The molecule has 0 aliphatic heterocycles. The van der Waals surface area contributed by atoms with Gasteiger partial charge in [-0.25, -0.2) is 4.39 Å². The molecule has 1 fully saturated rings. The summed E-state index contributed by atoms with van der Waals surface area (Å²) in [7, 11) is 0. The largest absolute Gasteiger partial charge is 0.392 e. The van der Waals surface area contributed by atoms with E-state index in [0.717, 1.165) is 24.0 Å². The first kappa shape index (κ1) is 12.6. The van der Waals surface area contributed by atoms with Crippen LogP contribution < -0.4 is 0 Å². The summed E-state index contributed by atoms with van der Waals surface area (Å²) >= 11 is 0. The van der Waals surface area contributed by atoms with E-state index in [1.165, 1.54) is 18.9 Å². The maximum Gasteiger partial charge on any atom is 0.123 e. The molecule has 1 saturated carbocycles. The van der Waals surface area contributed by atoms with E-state index < -0.39 is 0 Å². The van der Waals surface area contributed by atoms with Crippen LogP contribution in [0.4, 0.5) is 4.39 Å². The summed E-state index contributed by atoms with van der Waals surface area (Å²) in [5.74, 6) is -0.214. The van der Waals surface area contributed by atoms with Gasteiger partial charge in [-0.15, -0.1) is 0 Å². The Morgan fingerprint density at radius 2 is 2.00 bits per heavy atom. The summed E-state index contributed by atoms with van der Waals surface area (Å²) in [4.78, 5) is 0. The molecule has 1 aliphatic rings. The van der Waals surface area contributed by atoms with Crippen LogP contribution in [0.25, 0.3) is 0 Å². The van der Waals surface area contributed by atoms with Crippen LogP contribution in [0.2, 0.25) is 0 Å². The zero-order valence-electron chi connectivity index (χ0n) is 10.7. The maximum absolute atomic E-state index is 13.2. The molecule has 17 heavy (non-hydrogen) atoms. The Morgan fingerprint density at radius 3 is 2.65 bits per heavy atom. The van der Waals surface area contributed by atoms with Gasteiger partial charge in [0, 0.05) is 0 Å². The Bertz CT molecular complexity index is 394. The van der Waals surface area contributed by atoms with Crippen molar-refractivity contribution < 1.29 is 9.50 Å². The highest BCUT2D eigenvalue weighted by atomic mass is 19.1. The fourth-order valence-corrected chi connectivity index (χ4v) is 2.83. The minimum Gasteiger partial charge on any atom is -0.392 e. The first-order chi connectivity index (χ1) is 8.01. The molecule has 1 aromatic rings. The summed E-state index contributed by atoms with van der Waals surface area (Å²) in [6.07, 6.45) is 4.79. The molecule has 0 bridgehead atoms. The van der Waals surface area contributed by atoms with Gasteiger partial charge in [-0.2, -0.15) is 0 Å². The molecule has 0 aromatic heterocycles. The lowest BCUT2D eigenvalue weighted by Crippen LogP contribution is -2.31. The number of aliphatic hydroxyl groups excluding tert-OH is 1. The van der Waals surface area contributed by atoms with Gasteiger partial charge in [-0.3, -0.25) is 0 Å². The van der Waals surface area contributed by atoms with Crippen molar-refractivity contribution in [1.82, 2.24) is 0 Å². The molecule has 0 spiro atoms. The first-order valence-electron chi connectivity index (χ1n) is 6.44. The van der Waals surface area contributed by atoms with Gasteiger partial charge in [0.2, 0.25) is 0 Å². The Hall–Kier alpha value is -0.890. The van der Waals surface area contributed by atoms with Gasteiger partial charge >= 0.3 is 0 Å².